The lowest BCUT2D eigenvalue weighted by atomic mass is 9.93. The number of anilines is 1. The van der Waals surface area contributed by atoms with E-state index in [1.807, 2.05) is 36.1 Å². The molecule has 11 heteroatoms. The van der Waals surface area contributed by atoms with Crippen molar-refractivity contribution in [1.29, 1.82) is 0 Å². The Morgan fingerprint density at radius 2 is 1.78 bits per heavy atom. The second kappa shape index (κ2) is 12.8. The second-order valence-corrected chi connectivity index (χ2v) is 14.5. The summed E-state index contributed by atoms with van der Waals surface area (Å²) in [6.07, 6.45) is 5.08. The summed E-state index contributed by atoms with van der Waals surface area (Å²) in [5.74, 6) is 2.35. The van der Waals surface area contributed by atoms with Crippen molar-refractivity contribution in [2.75, 3.05) is 11.3 Å². The molecule has 1 N–H and O–H groups in total. The number of amidine groups is 1. The van der Waals surface area contributed by atoms with Crippen molar-refractivity contribution in [1.82, 2.24) is 10.1 Å². The van der Waals surface area contributed by atoms with Crippen LogP contribution >= 0.6 is 0 Å². The number of unbranched alkanes of at least 4 members (excludes halogenated alkanes) is 1. The maximum Gasteiger partial charge on any atom is 0.263 e. The summed E-state index contributed by atoms with van der Waals surface area (Å²) in [7, 11) is -4.02. The zero-order valence-electron chi connectivity index (χ0n) is 27.0. The summed E-state index contributed by atoms with van der Waals surface area (Å²) in [5.41, 5.74) is 2.85. The first-order chi connectivity index (χ1) is 22.0. The number of hydrogen-bond donors (Lipinski definition) is 1. The van der Waals surface area contributed by atoms with Gasteiger partial charge in [0.2, 0.25) is 0 Å². The number of ketones is 1. The summed E-state index contributed by atoms with van der Waals surface area (Å²) in [4.78, 5) is 33.3. The summed E-state index contributed by atoms with van der Waals surface area (Å²) in [6, 6.07) is 12.7. The molecule has 1 spiro atoms. The van der Waals surface area contributed by atoms with Crippen LogP contribution in [0.2, 0.25) is 0 Å². The number of hydrogen-bond acceptors (Lipinski definition) is 8. The average Bonchev–Trinajstić information content (AvgIpc) is 3.72. The van der Waals surface area contributed by atoms with E-state index >= 15 is 0 Å². The molecular formula is C35H42N4O6S. The number of carbonyl (C=O) groups is 2. The molecule has 3 aliphatic rings. The summed E-state index contributed by atoms with van der Waals surface area (Å²) in [5, 5.41) is 3.88. The van der Waals surface area contributed by atoms with Gasteiger partial charge in [0, 0.05) is 37.0 Å². The number of nitrogens with zero attached hydrogens (tertiary/aromatic N) is 3. The number of aliphatic imine (C=N–C) groups is 1. The molecule has 1 unspecified atom stereocenters. The molecule has 2 aromatic carbocycles. The third-order valence-corrected chi connectivity index (χ3v) is 11.1. The lowest BCUT2D eigenvalue weighted by Gasteiger charge is -2.24. The van der Waals surface area contributed by atoms with Gasteiger partial charge in [0.05, 0.1) is 18.0 Å². The van der Waals surface area contributed by atoms with Crippen molar-refractivity contribution < 1.29 is 27.3 Å². The van der Waals surface area contributed by atoms with E-state index in [4.69, 9.17) is 14.3 Å². The number of nitrogens with one attached hydrogen (secondary N) is 1. The molecule has 6 rings (SSSR count). The Kier molecular flexibility index (Phi) is 8.91. The normalized spacial score (nSPS) is 22.6. The highest BCUT2D eigenvalue weighted by Gasteiger charge is 2.57. The minimum absolute atomic E-state index is 0.0387. The molecule has 2 fully saturated rings. The van der Waals surface area contributed by atoms with Gasteiger partial charge in [-0.05, 0) is 74.6 Å². The molecule has 1 amide bonds. The number of aryl methyl sites for hydroxylation is 1. The summed E-state index contributed by atoms with van der Waals surface area (Å²) >= 11 is 0. The van der Waals surface area contributed by atoms with Crippen molar-refractivity contribution in [2.24, 2.45) is 16.8 Å². The lowest BCUT2D eigenvalue weighted by Crippen LogP contribution is -2.41. The zero-order valence-corrected chi connectivity index (χ0v) is 27.8. The topological polar surface area (TPSA) is 131 Å². The van der Waals surface area contributed by atoms with Crippen LogP contribution in [-0.2, 0) is 37.5 Å². The van der Waals surface area contributed by atoms with Crippen molar-refractivity contribution in [2.45, 2.75) is 96.2 Å². The predicted molar refractivity (Wildman–Crippen MR) is 175 cm³/mol. The molecule has 2 aliphatic carbocycles. The van der Waals surface area contributed by atoms with E-state index in [0.717, 1.165) is 41.8 Å². The van der Waals surface area contributed by atoms with Gasteiger partial charge >= 0.3 is 0 Å². The average molecular weight is 647 g/mol. The maximum atomic E-state index is 14.1. The van der Waals surface area contributed by atoms with E-state index in [1.54, 1.807) is 32.0 Å². The molecule has 46 heavy (non-hydrogen) atoms. The van der Waals surface area contributed by atoms with Crippen molar-refractivity contribution in [3.05, 3.63) is 64.9 Å². The Labute approximate surface area is 270 Å². The summed E-state index contributed by atoms with van der Waals surface area (Å²) in [6.45, 7) is 8.64. The zero-order chi connectivity index (χ0) is 32.6. The predicted octanol–water partition coefficient (Wildman–Crippen LogP) is 6.35. The van der Waals surface area contributed by atoms with Crippen molar-refractivity contribution in [3.63, 3.8) is 0 Å². The monoisotopic (exact) mass is 646 g/mol. The van der Waals surface area contributed by atoms with Gasteiger partial charge in [0.25, 0.3) is 15.9 Å². The van der Waals surface area contributed by atoms with E-state index in [0.29, 0.717) is 61.5 Å². The number of aromatic nitrogens is 1. The lowest BCUT2D eigenvalue weighted by molar-refractivity contribution is -0.132. The molecule has 244 valence electrons. The minimum atomic E-state index is -4.02. The van der Waals surface area contributed by atoms with Gasteiger partial charge in [0.15, 0.2) is 5.82 Å². The van der Waals surface area contributed by atoms with E-state index in [9.17, 15) is 18.0 Å². The number of amides is 1. The van der Waals surface area contributed by atoms with E-state index in [1.165, 1.54) is 0 Å². The Bertz CT molecular complexity index is 1780. The number of carbonyl (C=O) groups excluding carboxylic acids is 2. The maximum absolute atomic E-state index is 14.1. The minimum Gasteiger partial charge on any atom is -0.377 e. The van der Waals surface area contributed by atoms with Crippen LogP contribution < -0.4 is 4.72 Å². The molecule has 0 radical (unpaired) electrons. The molecule has 0 bridgehead atoms. The molecule has 0 saturated heterocycles. The van der Waals surface area contributed by atoms with Gasteiger partial charge in [0.1, 0.15) is 22.9 Å². The van der Waals surface area contributed by atoms with E-state index < -0.39 is 15.6 Å². The molecule has 2 saturated carbocycles. The molecule has 1 aliphatic heterocycles. The molecule has 2 heterocycles. The third kappa shape index (κ3) is 6.02. The third-order valence-electron chi connectivity index (χ3n) is 9.72. The van der Waals surface area contributed by atoms with Gasteiger partial charge in [-0.2, -0.15) is 0 Å². The highest BCUT2D eigenvalue weighted by atomic mass is 32.2. The number of sulfonamides is 1. The second-order valence-electron chi connectivity index (χ2n) is 12.9. The number of fused-ring (bicyclic) bond motifs is 1. The molecule has 3 atom stereocenters. The number of benzene rings is 2. The van der Waals surface area contributed by atoms with Gasteiger partial charge in [-0.1, -0.05) is 54.9 Å². The Balaban J connectivity index is 1.31. The number of ether oxygens (including phenoxy) is 1. The fraction of sp³-hybridized carbons (Fsp3) is 0.486. The van der Waals surface area contributed by atoms with Gasteiger partial charge in [-0.25, -0.2) is 8.42 Å². The highest BCUT2D eigenvalue weighted by molar-refractivity contribution is 7.92. The first-order valence-corrected chi connectivity index (χ1v) is 17.7. The highest BCUT2D eigenvalue weighted by Crippen LogP contribution is 2.52. The van der Waals surface area contributed by atoms with Crippen LogP contribution in [0, 0.1) is 25.7 Å². The van der Waals surface area contributed by atoms with Crippen molar-refractivity contribution in [3.8, 4) is 11.1 Å². The summed E-state index contributed by atoms with van der Waals surface area (Å²) < 4.78 is 40.9. The SMILES string of the molecule is CCCCC1=NC2(C[C@H]3CC(=O)C[C@H]3C2)C(=O)N1Cc1ccc(-c2ccccc2S(=O)(=O)Nc2noc(C)c2C)c(COCC)c1. The van der Waals surface area contributed by atoms with Crippen LogP contribution in [0.4, 0.5) is 5.82 Å². The first-order valence-electron chi connectivity index (χ1n) is 16.2. The first kappa shape index (κ1) is 32.1. The van der Waals surface area contributed by atoms with E-state index in [2.05, 4.69) is 16.8 Å². The van der Waals surface area contributed by atoms with Crippen LogP contribution in [0.15, 0.2) is 56.9 Å². The van der Waals surface area contributed by atoms with Crippen LogP contribution in [-0.4, -0.2) is 48.1 Å². The van der Waals surface area contributed by atoms with Gasteiger partial charge < -0.3 is 9.26 Å². The Morgan fingerprint density at radius 3 is 2.46 bits per heavy atom. The van der Waals surface area contributed by atoms with Crippen LogP contribution in [0.25, 0.3) is 11.1 Å². The van der Waals surface area contributed by atoms with Gasteiger partial charge in [-0.15, -0.1) is 0 Å². The van der Waals surface area contributed by atoms with Crippen molar-refractivity contribution >= 4 is 33.4 Å². The quantitative estimate of drug-likeness (QED) is 0.242. The van der Waals surface area contributed by atoms with Crippen LogP contribution in [0.1, 0.15) is 81.2 Å². The fourth-order valence-electron chi connectivity index (χ4n) is 7.25. The molecule has 1 aromatic heterocycles. The number of rotatable bonds is 12. The molecule has 10 nitrogen and oxygen atoms in total. The Morgan fingerprint density at radius 1 is 1.04 bits per heavy atom. The van der Waals surface area contributed by atoms with Crippen LogP contribution in [0.5, 0.6) is 0 Å². The number of Topliss-reactive ketones (excluding diaryl/α,β-unsaturated/α-hetero) is 1. The Hall–Kier alpha value is -3.83. The standard InChI is InChI=1S/C35H42N4O6S/c1-5-7-12-32-36-35(18-25-16-28(40)17-26(25)19-35)34(41)39(32)20-24-13-14-29(27(15-24)21-44-6-2)30-10-8-9-11-31(30)46(42,43)38-33-22(3)23(4)45-37-33/h8-11,13-15,25-26H,5-7,12,16-21H2,1-4H3,(H,37,38)/t25-,26+,35?. The van der Waals surface area contributed by atoms with Crippen LogP contribution in [0.3, 0.4) is 0 Å². The largest absolute Gasteiger partial charge is 0.377 e. The van der Waals surface area contributed by atoms with Gasteiger partial charge in [-0.3, -0.25) is 24.2 Å². The fourth-order valence-corrected chi connectivity index (χ4v) is 8.53. The molecular weight excluding hydrogens is 604 g/mol. The smallest absolute Gasteiger partial charge is 0.263 e. The van der Waals surface area contributed by atoms with E-state index in [-0.39, 0.29) is 35.1 Å². The molecule has 3 aromatic rings.